The van der Waals surface area contributed by atoms with E-state index in [2.05, 4.69) is 17.1 Å². The highest BCUT2D eigenvalue weighted by molar-refractivity contribution is 5.95. The zero-order valence-electron chi connectivity index (χ0n) is 12.8. The van der Waals surface area contributed by atoms with Gasteiger partial charge in [-0.15, -0.1) is 0 Å². The number of nitriles is 2. The first-order valence-corrected chi connectivity index (χ1v) is 8.11. The van der Waals surface area contributed by atoms with E-state index < -0.39 is 22.2 Å². The Bertz CT molecular complexity index is 640. The molecule has 0 aromatic rings. The zero-order valence-corrected chi connectivity index (χ0v) is 12.8. The fraction of sp³-hybridized carbons (Fsp3) is 0.812. The molecule has 1 saturated heterocycles. The first-order valence-electron chi connectivity index (χ1n) is 8.11. The topological polar surface area (TPSA) is 106 Å². The molecule has 0 amide bonds. The predicted molar refractivity (Wildman–Crippen MR) is 75.6 cm³/mol. The average Bonchev–Trinajstić information content (AvgIpc) is 2.88. The Labute approximate surface area is 129 Å². The highest BCUT2D eigenvalue weighted by Crippen LogP contribution is 2.86. The van der Waals surface area contributed by atoms with Crippen molar-refractivity contribution in [2.45, 2.75) is 57.5 Å². The third-order valence-corrected chi connectivity index (χ3v) is 6.31. The molecule has 4 atom stereocenters. The first kappa shape index (κ1) is 14.0. The van der Waals surface area contributed by atoms with E-state index >= 15 is 0 Å². The van der Waals surface area contributed by atoms with E-state index in [1.165, 1.54) is 0 Å². The molecular weight excluding hydrogens is 280 g/mol. The SMILES string of the molecule is C[C@@H]1CO[C@@]2([NH+]=C(N)[C@@]3(C#N)C4(CCCCCC4)[C@@]23C#N)O1. The largest absolute Gasteiger partial charge is 0.343 e. The summed E-state index contributed by atoms with van der Waals surface area (Å²) in [6.45, 7) is 2.31. The molecule has 6 heteroatoms. The van der Waals surface area contributed by atoms with Gasteiger partial charge in [0.05, 0.1) is 24.8 Å². The molecule has 4 rings (SSSR count). The third kappa shape index (κ3) is 1.09. The highest BCUT2D eigenvalue weighted by atomic mass is 16.8. The van der Waals surface area contributed by atoms with Crippen molar-refractivity contribution in [3.8, 4) is 12.1 Å². The number of amidine groups is 1. The molecule has 116 valence electrons. The maximum Gasteiger partial charge on any atom is 0.343 e. The number of nitrogens with one attached hydrogen (secondary N) is 1. The lowest BCUT2D eigenvalue weighted by Crippen LogP contribution is -2.90. The number of hydrogen-bond donors (Lipinski definition) is 2. The number of hydrogen-bond acceptors (Lipinski definition) is 5. The molecule has 22 heavy (non-hydrogen) atoms. The van der Waals surface area contributed by atoms with Crippen LogP contribution in [-0.4, -0.2) is 24.5 Å². The molecule has 2 aliphatic carbocycles. The number of ether oxygens (including phenoxy) is 2. The Morgan fingerprint density at radius 2 is 1.86 bits per heavy atom. The molecule has 0 bridgehead atoms. The average molecular weight is 301 g/mol. The van der Waals surface area contributed by atoms with Gasteiger partial charge in [-0.25, -0.2) is 4.99 Å². The lowest BCUT2D eigenvalue weighted by atomic mass is 9.83. The fourth-order valence-corrected chi connectivity index (χ4v) is 5.52. The van der Waals surface area contributed by atoms with Gasteiger partial charge in [0.25, 0.3) is 5.84 Å². The van der Waals surface area contributed by atoms with Crippen LogP contribution in [0.15, 0.2) is 0 Å². The quantitative estimate of drug-likeness (QED) is 0.650. The summed E-state index contributed by atoms with van der Waals surface area (Å²) >= 11 is 0. The molecule has 0 aromatic carbocycles. The molecule has 3 fully saturated rings. The first-order chi connectivity index (χ1) is 10.6. The van der Waals surface area contributed by atoms with Crippen LogP contribution in [0.1, 0.15) is 45.4 Å². The van der Waals surface area contributed by atoms with Crippen molar-refractivity contribution in [3.63, 3.8) is 0 Å². The van der Waals surface area contributed by atoms with E-state index in [-0.39, 0.29) is 6.10 Å². The summed E-state index contributed by atoms with van der Waals surface area (Å²) in [5, 5.41) is 20.1. The van der Waals surface area contributed by atoms with Crippen LogP contribution in [0.5, 0.6) is 0 Å². The van der Waals surface area contributed by atoms with Crippen molar-refractivity contribution in [1.29, 1.82) is 10.5 Å². The van der Waals surface area contributed by atoms with Crippen molar-refractivity contribution >= 4 is 5.84 Å². The van der Waals surface area contributed by atoms with E-state index in [0.717, 1.165) is 38.5 Å². The number of rotatable bonds is 0. The lowest BCUT2D eigenvalue weighted by Gasteiger charge is -2.28. The van der Waals surface area contributed by atoms with Gasteiger partial charge in [0.15, 0.2) is 10.8 Å². The molecule has 0 unspecified atom stereocenters. The Balaban J connectivity index is 1.92. The van der Waals surface area contributed by atoms with E-state index in [1.807, 2.05) is 6.92 Å². The van der Waals surface area contributed by atoms with Gasteiger partial charge < -0.3 is 9.47 Å². The molecule has 2 spiro atoms. The summed E-state index contributed by atoms with van der Waals surface area (Å²) in [5.41, 5.74) is 3.77. The summed E-state index contributed by atoms with van der Waals surface area (Å²) in [7, 11) is 0. The summed E-state index contributed by atoms with van der Waals surface area (Å²) in [6.07, 6.45) is 5.87. The summed E-state index contributed by atoms with van der Waals surface area (Å²) in [5.74, 6) is -0.904. The van der Waals surface area contributed by atoms with Crippen LogP contribution in [0.3, 0.4) is 0 Å². The molecule has 2 saturated carbocycles. The Kier molecular flexibility index (Phi) is 2.55. The molecular formula is C16H21N4O2+. The molecule has 2 aliphatic heterocycles. The maximum absolute atomic E-state index is 10.1. The van der Waals surface area contributed by atoms with E-state index in [0.29, 0.717) is 12.4 Å². The minimum Gasteiger partial charge on any atom is -0.311 e. The lowest BCUT2D eigenvalue weighted by molar-refractivity contribution is -0.680. The van der Waals surface area contributed by atoms with Crippen LogP contribution in [0.4, 0.5) is 0 Å². The maximum atomic E-state index is 10.1. The van der Waals surface area contributed by atoms with Crippen LogP contribution < -0.4 is 10.7 Å². The molecule has 4 aliphatic rings. The second-order valence-corrected chi connectivity index (χ2v) is 7.11. The van der Waals surface area contributed by atoms with Crippen molar-refractivity contribution < 1.29 is 14.5 Å². The Morgan fingerprint density at radius 3 is 2.36 bits per heavy atom. The van der Waals surface area contributed by atoms with E-state index in [9.17, 15) is 10.5 Å². The van der Waals surface area contributed by atoms with Crippen LogP contribution in [-0.2, 0) is 9.47 Å². The van der Waals surface area contributed by atoms with Crippen LogP contribution in [0.25, 0.3) is 0 Å². The number of fused-ring (bicyclic) bond motifs is 4. The summed E-state index contributed by atoms with van der Waals surface area (Å²) < 4.78 is 11.9. The Hall–Kier alpha value is -1.63. The van der Waals surface area contributed by atoms with E-state index in [4.69, 9.17) is 15.2 Å². The second-order valence-electron chi connectivity index (χ2n) is 7.11. The smallest absolute Gasteiger partial charge is 0.311 e. The summed E-state index contributed by atoms with van der Waals surface area (Å²) in [4.78, 5) is 3.04. The van der Waals surface area contributed by atoms with Gasteiger partial charge in [-0.05, 0) is 19.8 Å². The minimum absolute atomic E-state index is 0.122. The second kappa shape index (κ2) is 4.01. The number of nitrogens with zero attached hydrogens (tertiary/aromatic N) is 2. The van der Waals surface area contributed by atoms with E-state index in [1.54, 1.807) is 0 Å². The fourth-order valence-electron chi connectivity index (χ4n) is 5.52. The van der Waals surface area contributed by atoms with Crippen LogP contribution >= 0.6 is 0 Å². The minimum atomic E-state index is -1.26. The monoisotopic (exact) mass is 301 g/mol. The van der Waals surface area contributed by atoms with Gasteiger partial charge in [-0.1, -0.05) is 25.7 Å². The van der Waals surface area contributed by atoms with Crippen molar-refractivity contribution in [1.82, 2.24) is 0 Å². The zero-order chi connectivity index (χ0) is 15.6. The molecule has 2 heterocycles. The molecule has 0 aromatic heterocycles. The Morgan fingerprint density at radius 1 is 1.18 bits per heavy atom. The van der Waals surface area contributed by atoms with Crippen molar-refractivity contribution in [2.75, 3.05) is 6.61 Å². The van der Waals surface area contributed by atoms with Crippen LogP contribution in [0.2, 0.25) is 0 Å². The number of nitrogens with two attached hydrogens (primary N) is 1. The highest BCUT2D eigenvalue weighted by Gasteiger charge is 3.03. The summed E-state index contributed by atoms with van der Waals surface area (Å²) in [6, 6.07) is 4.85. The third-order valence-electron chi connectivity index (χ3n) is 6.31. The van der Waals surface area contributed by atoms with Gasteiger partial charge in [0.2, 0.25) is 0 Å². The van der Waals surface area contributed by atoms with Crippen molar-refractivity contribution in [2.24, 2.45) is 22.0 Å². The van der Waals surface area contributed by atoms with Gasteiger partial charge in [0.1, 0.15) is 0 Å². The predicted octanol–water partition coefficient (Wildman–Crippen LogP) is -0.0989. The van der Waals surface area contributed by atoms with Gasteiger partial charge in [-0.2, -0.15) is 10.5 Å². The van der Waals surface area contributed by atoms with Gasteiger partial charge in [-0.3, -0.25) is 5.73 Å². The molecule has 0 radical (unpaired) electrons. The van der Waals surface area contributed by atoms with Gasteiger partial charge >= 0.3 is 5.91 Å². The van der Waals surface area contributed by atoms with Crippen molar-refractivity contribution in [3.05, 3.63) is 0 Å². The van der Waals surface area contributed by atoms with Gasteiger partial charge in [0, 0.05) is 5.41 Å². The normalized spacial score (nSPS) is 48.3. The molecule has 3 N–H and O–H groups in total. The molecule has 6 nitrogen and oxygen atoms in total. The van der Waals surface area contributed by atoms with Crippen LogP contribution in [0, 0.1) is 38.9 Å². The standard InChI is InChI=1S/C16H20N4O2/c1-11-8-21-16(22-11)15(10-18)13(6-4-2-3-5-7-13)14(15,9-17)12(19)20-16/h11H,2-8H2,1H3,(H2,19,20)/p+1/t11-,14+,15-,16-/m1/s1.